The van der Waals surface area contributed by atoms with Crippen LogP contribution in [0.4, 0.5) is 0 Å². The van der Waals surface area contributed by atoms with Crippen molar-refractivity contribution >= 4 is 0 Å². The van der Waals surface area contributed by atoms with E-state index in [0.717, 1.165) is 30.8 Å². The minimum atomic E-state index is -0.515. The largest absolute Gasteiger partial charge is 0.497 e. The smallest absolute Gasteiger partial charge is 0.118 e. The van der Waals surface area contributed by atoms with Crippen molar-refractivity contribution in [1.29, 1.82) is 0 Å². The summed E-state index contributed by atoms with van der Waals surface area (Å²) in [6.07, 6.45) is 1.42. The number of benzene rings is 1. The molecule has 15 heavy (non-hydrogen) atoms. The van der Waals surface area contributed by atoms with Crippen LogP contribution >= 0.6 is 0 Å². The van der Waals surface area contributed by atoms with E-state index < -0.39 is 6.10 Å². The third-order valence-corrected chi connectivity index (χ3v) is 2.77. The van der Waals surface area contributed by atoms with E-state index >= 15 is 0 Å². The Labute approximate surface area is 89.6 Å². The molecule has 0 unspecified atom stereocenters. The third kappa shape index (κ3) is 2.30. The maximum absolute atomic E-state index is 10.0. The normalized spacial score (nSPS) is 22.7. The zero-order valence-corrected chi connectivity index (χ0v) is 8.85. The van der Waals surface area contributed by atoms with Crippen molar-refractivity contribution in [2.45, 2.75) is 25.0 Å². The molecule has 1 heterocycles. The zero-order chi connectivity index (χ0) is 10.7. The van der Waals surface area contributed by atoms with E-state index in [1.54, 1.807) is 7.11 Å². The Morgan fingerprint density at radius 1 is 1.40 bits per heavy atom. The topological polar surface area (TPSA) is 38.7 Å². The number of ether oxygens (including phenoxy) is 2. The fraction of sp³-hybridized carbons (Fsp3) is 0.500. The molecule has 0 spiro atoms. The summed E-state index contributed by atoms with van der Waals surface area (Å²) in [4.78, 5) is 0. The quantitative estimate of drug-likeness (QED) is 0.824. The summed E-state index contributed by atoms with van der Waals surface area (Å²) in [5.74, 6) is 0.804. The lowest BCUT2D eigenvalue weighted by Crippen LogP contribution is -2.16. The standard InChI is InChI=1S/C12H16O3/c1-14-10-6-4-9(5-7-10)12(13)11-3-2-8-15-11/h4-7,11-13H,2-3,8H2,1H3/t11-,12+/m0/s1. The van der Waals surface area contributed by atoms with Gasteiger partial charge in [0.05, 0.1) is 13.2 Å². The van der Waals surface area contributed by atoms with Gasteiger partial charge in [0.25, 0.3) is 0 Å². The van der Waals surface area contributed by atoms with Crippen LogP contribution in [0.25, 0.3) is 0 Å². The first-order valence-electron chi connectivity index (χ1n) is 5.25. The van der Waals surface area contributed by atoms with Crippen molar-refractivity contribution in [2.75, 3.05) is 13.7 Å². The maximum atomic E-state index is 10.0. The van der Waals surface area contributed by atoms with Crippen LogP contribution < -0.4 is 4.74 Å². The molecule has 1 fully saturated rings. The summed E-state index contributed by atoms with van der Waals surface area (Å²) in [6, 6.07) is 7.47. The molecule has 1 aromatic carbocycles. The van der Waals surface area contributed by atoms with Gasteiger partial charge in [0.2, 0.25) is 0 Å². The maximum Gasteiger partial charge on any atom is 0.118 e. The molecule has 0 bridgehead atoms. The van der Waals surface area contributed by atoms with Crippen molar-refractivity contribution in [3.8, 4) is 5.75 Å². The highest BCUT2D eigenvalue weighted by Gasteiger charge is 2.25. The highest BCUT2D eigenvalue weighted by Crippen LogP contribution is 2.27. The molecule has 0 amide bonds. The molecule has 1 N–H and O–H groups in total. The lowest BCUT2D eigenvalue weighted by atomic mass is 10.0. The Morgan fingerprint density at radius 2 is 2.13 bits per heavy atom. The van der Waals surface area contributed by atoms with E-state index in [1.165, 1.54) is 0 Å². The Balaban J connectivity index is 2.07. The first-order chi connectivity index (χ1) is 7.31. The summed E-state index contributed by atoms with van der Waals surface area (Å²) in [5.41, 5.74) is 0.891. The number of methoxy groups -OCH3 is 1. The van der Waals surface area contributed by atoms with Crippen LogP contribution in [0, 0.1) is 0 Å². The summed E-state index contributed by atoms with van der Waals surface area (Å²) in [6.45, 7) is 0.762. The molecular formula is C12H16O3. The van der Waals surface area contributed by atoms with Crippen LogP contribution in [0.2, 0.25) is 0 Å². The van der Waals surface area contributed by atoms with Gasteiger partial charge in [0, 0.05) is 6.61 Å². The predicted octanol–water partition coefficient (Wildman–Crippen LogP) is 1.91. The molecule has 1 aliphatic rings. The third-order valence-electron chi connectivity index (χ3n) is 2.77. The first-order valence-corrected chi connectivity index (χ1v) is 5.25. The summed E-state index contributed by atoms with van der Waals surface area (Å²) < 4.78 is 10.5. The van der Waals surface area contributed by atoms with Crippen LogP contribution in [-0.2, 0) is 4.74 Å². The van der Waals surface area contributed by atoms with Crippen LogP contribution in [0.3, 0.4) is 0 Å². The highest BCUT2D eigenvalue weighted by molar-refractivity contribution is 5.28. The van der Waals surface area contributed by atoms with E-state index in [9.17, 15) is 5.11 Å². The number of aliphatic hydroxyl groups is 1. The number of hydrogen-bond donors (Lipinski definition) is 1. The molecule has 1 saturated heterocycles. The fourth-order valence-corrected chi connectivity index (χ4v) is 1.87. The molecular weight excluding hydrogens is 192 g/mol. The van der Waals surface area contributed by atoms with E-state index in [2.05, 4.69) is 0 Å². The zero-order valence-electron chi connectivity index (χ0n) is 8.85. The Morgan fingerprint density at radius 3 is 2.67 bits per heavy atom. The monoisotopic (exact) mass is 208 g/mol. The molecule has 0 aliphatic carbocycles. The van der Waals surface area contributed by atoms with Crippen molar-refractivity contribution in [3.63, 3.8) is 0 Å². The van der Waals surface area contributed by atoms with Gasteiger partial charge in [0.15, 0.2) is 0 Å². The molecule has 1 aromatic rings. The first kappa shape index (κ1) is 10.5. The van der Waals surface area contributed by atoms with Crippen molar-refractivity contribution in [1.82, 2.24) is 0 Å². The minimum Gasteiger partial charge on any atom is -0.497 e. The van der Waals surface area contributed by atoms with Gasteiger partial charge < -0.3 is 14.6 Å². The van der Waals surface area contributed by atoms with Gasteiger partial charge in [0.1, 0.15) is 11.9 Å². The molecule has 3 nitrogen and oxygen atoms in total. The molecule has 2 atom stereocenters. The number of hydrogen-bond acceptors (Lipinski definition) is 3. The lowest BCUT2D eigenvalue weighted by molar-refractivity contribution is -0.00260. The van der Waals surface area contributed by atoms with Gasteiger partial charge in [-0.3, -0.25) is 0 Å². The second-order valence-electron chi connectivity index (χ2n) is 3.77. The van der Waals surface area contributed by atoms with E-state index in [1.807, 2.05) is 24.3 Å². The van der Waals surface area contributed by atoms with Crippen molar-refractivity contribution in [3.05, 3.63) is 29.8 Å². The van der Waals surface area contributed by atoms with Crippen molar-refractivity contribution in [2.24, 2.45) is 0 Å². The van der Waals surface area contributed by atoms with Crippen LogP contribution in [0.5, 0.6) is 5.75 Å². The summed E-state index contributed by atoms with van der Waals surface area (Å²) in [7, 11) is 1.63. The summed E-state index contributed by atoms with van der Waals surface area (Å²) in [5, 5.41) is 10.0. The van der Waals surface area contributed by atoms with Gasteiger partial charge in [-0.2, -0.15) is 0 Å². The fourth-order valence-electron chi connectivity index (χ4n) is 1.87. The molecule has 0 radical (unpaired) electrons. The summed E-state index contributed by atoms with van der Waals surface area (Å²) >= 11 is 0. The highest BCUT2D eigenvalue weighted by atomic mass is 16.5. The SMILES string of the molecule is COc1ccc([C@@H](O)[C@@H]2CCCO2)cc1. The van der Waals surface area contributed by atoms with E-state index in [4.69, 9.17) is 9.47 Å². The van der Waals surface area contributed by atoms with E-state index in [0.29, 0.717) is 0 Å². The average molecular weight is 208 g/mol. The van der Waals surface area contributed by atoms with Gasteiger partial charge >= 0.3 is 0 Å². The Hall–Kier alpha value is -1.06. The Kier molecular flexibility index (Phi) is 3.23. The molecule has 82 valence electrons. The average Bonchev–Trinajstić information content (AvgIpc) is 2.82. The molecule has 1 aliphatic heterocycles. The van der Waals surface area contributed by atoms with Crippen LogP contribution in [0.15, 0.2) is 24.3 Å². The molecule has 2 rings (SSSR count). The van der Waals surface area contributed by atoms with Crippen LogP contribution in [-0.4, -0.2) is 24.9 Å². The number of aliphatic hydroxyl groups excluding tert-OH is 1. The second kappa shape index (κ2) is 4.64. The molecule has 0 saturated carbocycles. The minimum absolute atomic E-state index is 0.0432. The van der Waals surface area contributed by atoms with Gasteiger partial charge in [-0.05, 0) is 30.5 Å². The van der Waals surface area contributed by atoms with Crippen LogP contribution in [0.1, 0.15) is 24.5 Å². The number of rotatable bonds is 3. The second-order valence-corrected chi connectivity index (χ2v) is 3.77. The molecule has 0 aromatic heterocycles. The van der Waals surface area contributed by atoms with Gasteiger partial charge in [-0.25, -0.2) is 0 Å². The van der Waals surface area contributed by atoms with Gasteiger partial charge in [-0.15, -0.1) is 0 Å². The van der Waals surface area contributed by atoms with E-state index in [-0.39, 0.29) is 6.10 Å². The molecule has 3 heteroatoms. The van der Waals surface area contributed by atoms with Crippen molar-refractivity contribution < 1.29 is 14.6 Å². The Bertz CT molecular complexity index is 301. The predicted molar refractivity (Wildman–Crippen MR) is 56.9 cm³/mol. The lowest BCUT2D eigenvalue weighted by Gasteiger charge is -2.17. The van der Waals surface area contributed by atoms with Gasteiger partial charge in [-0.1, -0.05) is 12.1 Å².